The molecule has 2 rings (SSSR count). The van der Waals surface area contributed by atoms with Crippen LogP contribution in [0.25, 0.3) is 11.0 Å². The van der Waals surface area contributed by atoms with Crippen molar-refractivity contribution in [3.8, 4) is 0 Å². The van der Waals surface area contributed by atoms with Gasteiger partial charge in [-0.2, -0.15) is 0 Å². The summed E-state index contributed by atoms with van der Waals surface area (Å²) in [4.78, 5) is 0. The highest BCUT2D eigenvalue weighted by Crippen LogP contribution is 2.31. The Hall–Kier alpha value is -1.28. The number of fused-ring (bicyclic) bond motifs is 1. The van der Waals surface area contributed by atoms with Crippen molar-refractivity contribution < 1.29 is 4.42 Å². The zero-order valence-corrected chi connectivity index (χ0v) is 11.8. The fraction of sp³-hybridized carbons (Fsp3) is 0.500. The number of hydrogen-bond acceptors (Lipinski definition) is 2. The summed E-state index contributed by atoms with van der Waals surface area (Å²) < 4.78 is 6.12. The Bertz CT molecular complexity index is 527. The summed E-state index contributed by atoms with van der Waals surface area (Å²) in [5, 5.41) is 4.75. The molecule has 0 aliphatic rings. The van der Waals surface area contributed by atoms with Gasteiger partial charge in [-0.05, 0) is 44.4 Å². The Balaban J connectivity index is 2.43. The van der Waals surface area contributed by atoms with E-state index in [1.165, 1.54) is 16.5 Å². The van der Waals surface area contributed by atoms with Crippen molar-refractivity contribution in [2.45, 2.75) is 46.6 Å². The quantitative estimate of drug-likeness (QED) is 0.846. The topological polar surface area (TPSA) is 25.2 Å². The summed E-state index contributed by atoms with van der Waals surface area (Å²) >= 11 is 0. The molecule has 2 aromatic rings. The van der Waals surface area contributed by atoms with Crippen LogP contribution in [0.3, 0.4) is 0 Å². The molecule has 2 nitrogen and oxygen atoms in total. The zero-order valence-electron chi connectivity index (χ0n) is 11.8. The maximum Gasteiger partial charge on any atom is 0.137 e. The highest BCUT2D eigenvalue weighted by Gasteiger charge is 2.17. The molecule has 1 heterocycles. The van der Waals surface area contributed by atoms with Crippen molar-refractivity contribution in [1.29, 1.82) is 0 Å². The number of furan rings is 1. The van der Waals surface area contributed by atoms with E-state index >= 15 is 0 Å². The van der Waals surface area contributed by atoms with E-state index < -0.39 is 0 Å². The van der Waals surface area contributed by atoms with Crippen molar-refractivity contribution in [2.24, 2.45) is 0 Å². The number of rotatable bonds is 5. The van der Waals surface area contributed by atoms with Crippen molar-refractivity contribution >= 4 is 11.0 Å². The highest BCUT2D eigenvalue weighted by molar-refractivity contribution is 5.85. The fourth-order valence-electron chi connectivity index (χ4n) is 2.46. The van der Waals surface area contributed by atoms with Crippen LogP contribution >= 0.6 is 0 Å². The second kappa shape index (κ2) is 5.57. The lowest BCUT2D eigenvalue weighted by Gasteiger charge is -2.11. The van der Waals surface area contributed by atoms with E-state index in [4.69, 9.17) is 4.42 Å². The molecule has 1 atom stereocenters. The van der Waals surface area contributed by atoms with Gasteiger partial charge in [0.25, 0.3) is 0 Å². The van der Waals surface area contributed by atoms with Gasteiger partial charge in [-0.15, -0.1) is 0 Å². The fourth-order valence-corrected chi connectivity index (χ4v) is 2.46. The number of para-hydroxylation sites is 1. The first-order valence-electron chi connectivity index (χ1n) is 6.93. The summed E-state index contributed by atoms with van der Waals surface area (Å²) in [7, 11) is 0. The Labute approximate surface area is 109 Å². The van der Waals surface area contributed by atoms with E-state index in [2.05, 4.69) is 51.2 Å². The van der Waals surface area contributed by atoms with Gasteiger partial charge in [-0.1, -0.05) is 32.0 Å². The predicted octanol–water partition coefficient (Wildman–Crippen LogP) is 4.36. The second-order valence-corrected chi connectivity index (χ2v) is 4.91. The Morgan fingerprint density at radius 2 is 2.06 bits per heavy atom. The lowest BCUT2D eigenvalue weighted by molar-refractivity contribution is 0.447. The van der Waals surface area contributed by atoms with E-state index in [-0.39, 0.29) is 6.04 Å². The number of benzene rings is 1. The lowest BCUT2D eigenvalue weighted by Crippen LogP contribution is -2.19. The molecular weight excluding hydrogens is 222 g/mol. The van der Waals surface area contributed by atoms with E-state index in [0.717, 1.165) is 30.7 Å². The van der Waals surface area contributed by atoms with Crippen LogP contribution in [0.4, 0.5) is 0 Å². The minimum Gasteiger partial charge on any atom is -0.459 e. The lowest BCUT2D eigenvalue weighted by atomic mass is 10.1. The SMILES string of the molecule is CCCNC(C)c1oc2c(CC)cccc2c1C. The third-order valence-electron chi connectivity index (χ3n) is 3.56. The van der Waals surface area contributed by atoms with Gasteiger partial charge in [0.05, 0.1) is 6.04 Å². The summed E-state index contributed by atoms with van der Waals surface area (Å²) in [6, 6.07) is 6.71. The molecule has 0 bridgehead atoms. The number of hydrogen-bond donors (Lipinski definition) is 1. The average molecular weight is 245 g/mol. The monoisotopic (exact) mass is 245 g/mol. The molecule has 98 valence electrons. The van der Waals surface area contributed by atoms with Gasteiger partial charge in [0, 0.05) is 5.39 Å². The minimum absolute atomic E-state index is 0.280. The molecule has 1 N–H and O–H groups in total. The van der Waals surface area contributed by atoms with Gasteiger partial charge < -0.3 is 9.73 Å². The first-order valence-corrected chi connectivity index (χ1v) is 6.93. The van der Waals surface area contributed by atoms with Crippen LogP contribution < -0.4 is 5.32 Å². The molecule has 0 aliphatic carbocycles. The smallest absolute Gasteiger partial charge is 0.137 e. The summed E-state index contributed by atoms with van der Waals surface area (Å²) in [6.07, 6.45) is 2.16. The third kappa shape index (κ3) is 2.30. The van der Waals surface area contributed by atoms with Crippen LogP contribution in [0.15, 0.2) is 22.6 Å². The standard InChI is InChI=1S/C16H23NO/c1-5-10-17-12(4)15-11(3)14-9-7-8-13(6-2)16(14)18-15/h7-9,12,17H,5-6,10H2,1-4H3. The normalized spacial score (nSPS) is 13.1. The highest BCUT2D eigenvalue weighted by atomic mass is 16.3. The molecule has 0 radical (unpaired) electrons. The van der Waals surface area contributed by atoms with E-state index in [1.54, 1.807) is 0 Å². The maximum absolute atomic E-state index is 6.12. The van der Waals surface area contributed by atoms with Crippen molar-refractivity contribution in [3.63, 3.8) is 0 Å². The van der Waals surface area contributed by atoms with Crippen LogP contribution in [0.2, 0.25) is 0 Å². The summed E-state index contributed by atoms with van der Waals surface area (Å²) in [5.74, 6) is 1.08. The van der Waals surface area contributed by atoms with Crippen molar-refractivity contribution in [1.82, 2.24) is 5.32 Å². The van der Waals surface area contributed by atoms with Gasteiger partial charge in [0.1, 0.15) is 11.3 Å². The van der Waals surface area contributed by atoms with E-state index in [1.807, 2.05) is 0 Å². The van der Waals surface area contributed by atoms with Gasteiger partial charge in [-0.3, -0.25) is 0 Å². The molecule has 0 saturated carbocycles. The molecule has 2 heteroatoms. The Morgan fingerprint density at radius 3 is 2.72 bits per heavy atom. The third-order valence-corrected chi connectivity index (χ3v) is 3.56. The molecule has 1 unspecified atom stereocenters. The molecule has 0 amide bonds. The largest absolute Gasteiger partial charge is 0.459 e. The van der Waals surface area contributed by atoms with Gasteiger partial charge >= 0.3 is 0 Å². The van der Waals surface area contributed by atoms with Gasteiger partial charge in [-0.25, -0.2) is 0 Å². The Morgan fingerprint density at radius 1 is 1.28 bits per heavy atom. The van der Waals surface area contributed by atoms with Crippen LogP contribution in [-0.2, 0) is 6.42 Å². The van der Waals surface area contributed by atoms with Gasteiger partial charge in [0.2, 0.25) is 0 Å². The number of aryl methyl sites for hydroxylation is 2. The first kappa shape index (κ1) is 13.2. The van der Waals surface area contributed by atoms with E-state index in [0.29, 0.717) is 0 Å². The average Bonchev–Trinajstić information content (AvgIpc) is 2.73. The molecule has 0 saturated heterocycles. The summed E-state index contributed by atoms with van der Waals surface area (Å²) in [5.41, 5.74) is 3.64. The second-order valence-electron chi connectivity index (χ2n) is 4.91. The van der Waals surface area contributed by atoms with Crippen LogP contribution in [0.5, 0.6) is 0 Å². The van der Waals surface area contributed by atoms with Crippen LogP contribution in [0.1, 0.15) is 50.1 Å². The molecular formula is C16H23NO. The van der Waals surface area contributed by atoms with E-state index in [9.17, 15) is 0 Å². The van der Waals surface area contributed by atoms with Crippen LogP contribution in [-0.4, -0.2) is 6.54 Å². The van der Waals surface area contributed by atoms with Crippen molar-refractivity contribution in [2.75, 3.05) is 6.54 Å². The zero-order chi connectivity index (χ0) is 13.1. The van der Waals surface area contributed by atoms with Gasteiger partial charge in [0.15, 0.2) is 0 Å². The van der Waals surface area contributed by atoms with Crippen LogP contribution in [0, 0.1) is 6.92 Å². The molecule has 1 aromatic carbocycles. The molecule has 0 fully saturated rings. The molecule has 18 heavy (non-hydrogen) atoms. The minimum atomic E-state index is 0.280. The predicted molar refractivity (Wildman–Crippen MR) is 77.0 cm³/mol. The number of nitrogens with one attached hydrogen (secondary N) is 1. The summed E-state index contributed by atoms with van der Waals surface area (Å²) in [6.45, 7) is 9.71. The molecule has 0 aliphatic heterocycles. The van der Waals surface area contributed by atoms with Crippen molar-refractivity contribution in [3.05, 3.63) is 35.1 Å². The molecule has 1 aromatic heterocycles. The first-order chi connectivity index (χ1) is 8.69. The maximum atomic E-state index is 6.12. The molecule has 0 spiro atoms. The Kier molecular flexibility index (Phi) is 4.07.